The number of pyridine rings is 1. The lowest BCUT2D eigenvalue weighted by molar-refractivity contribution is 0.0570. The summed E-state index contributed by atoms with van der Waals surface area (Å²) in [5.41, 5.74) is -2.91. The summed E-state index contributed by atoms with van der Waals surface area (Å²) in [6.45, 7) is 3.57. The van der Waals surface area contributed by atoms with Gasteiger partial charge < -0.3 is 25.2 Å². The first-order valence-electron chi connectivity index (χ1n) is 10.9. The average molecular weight is 494 g/mol. The molecule has 2 heterocycles. The Balaban J connectivity index is 1.95. The molecular weight excluding hydrogens is 466 g/mol. The largest absolute Gasteiger partial charge is 0.502 e. The van der Waals surface area contributed by atoms with Gasteiger partial charge in [0, 0.05) is 44.6 Å². The van der Waals surface area contributed by atoms with Crippen LogP contribution in [0.15, 0.2) is 29.2 Å². The molecule has 35 heavy (non-hydrogen) atoms. The lowest BCUT2D eigenvalue weighted by atomic mass is 10.1. The van der Waals surface area contributed by atoms with E-state index in [2.05, 4.69) is 5.32 Å². The minimum absolute atomic E-state index is 0.00204. The number of carbonyl (C=O) groups excluding carboxylic acids is 2. The number of aliphatic hydroxyl groups is 1. The van der Waals surface area contributed by atoms with Gasteiger partial charge in [-0.2, -0.15) is 0 Å². The lowest BCUT2D eigenvalue weighted by Crippen LogP contribution is -2.56. The minimum atomic E-state index is -1.07. The fourth-order valence-corrected chi connectivity index (χ4v) is 3.54. The van der Waals surface area contributed by atoms with Crippen molar-refractivity contribution in [1.29, 1.82) is 0 Å². The van der Waals surface area contributed by atoms with Crippen molar-refractivity contribution in [2.45, 2.75) is 32.4 Å². The molecule has 3 N–H and O–H groups in total. The Hall–Kier alpha value is -3.51. The second-order valence-corrected chi connectivity index (χ2v) is 8.83. The van der Waals surface area contributed by atoms with E-state index >= 15 is 0 Å². The van der Waals surface area contributed by atoms with Crippen molar-refractivity contribution < 1.29 is 33.3 Å². The summed E-state index contributed by atoms with van der Waals surface area (Å²) in [5, 5.41) is 24.8. The van der Waals surface area contributed by atoms with Crippen molar-refractivity contribution in [1.82, 2.24) is 14.9 Å². The number of aromatic nitrogens is 1. The molecule has 2 amide bonds. The molecule has 0 bridgehead atoms. The second kappa shape index (κ2) is 10.4. The van der Waals surface area contributed by atoms with Crippen LogP contribution < -0.4 is 15.8 Å². The summed E-state index contributed by atoms with van der Waals surface area (Å²) in [6, 6.07) is 2.86. The fraction of sp³-hybridized carbons (Fsp3) is 0.435. The molecule has 2 aromatic rings. The van der Waals surface area contributed by atoms with Crippen LogP contribution in [0.1, 0.15) is 46.7 Å². The third-order valence-corrected chi connectivity index (χ3v) is 5.54. The van der Waals surface area contributed by atoms with Crippen LogP contribution in [-0.4, -0.2) is 70.7 Å². The highest BCUT2D eigenvalue weighted by Gasteiger charge is 2.34. The first-order valence-corrected chi connectivity index (χ1v) is 10.9. The highest BCUT2D eigenvalue weighted by atomic mass is 19.1. The number of nitrogens with one attached hydrogen (secondary N) is 1. The van der Waals surface area contributed by atoms with Gasteiger partial charge in [-0.15, -0.1) is 0 Å². The van der Waals surface area contributed by atoms with Gasteiger partial charge in [-0.3, -0.25) is 24.1 Å². The fourth-order valence-electron chi connectivity index (χ4n) is 3.54. The number of hydrogen-bond donors (Lipinski definition) is 3. The van der Waals surface area contributed by atoms with Crippen molar-refractivity contribution in [3.05, 3.63) is 63.1 Å². The molecule has 0 fully saturated rings. The number of nitrogens with zero attached hydrogens (tertiary/aromatic N) is 3. The molecule has 10 nitrogen and oxygen atoms in total. The molecule has 0 saturated heterocycles. The molecule has 1 aromatic heterocycles. The Bertz CT molecular complexity index is 1180. The standard InChI is InChI=1S/C23H28F2N4O6/c1-23(2,34)6-7-28-13-27(8-9-35-3)22(33)18-20(31)19(30)16(12-29(18)28)21(32)26-11-14-4-5-15(24)10-17(14)25/h4-5,10,12,31,34H,6-9,11,13H2,1-3H3,(H,26,32). The van der Waals surface area contributed by atoms with Gasteiger partial charge in [0.2, 0.25) is 5.43 Å². The van der Waals surface area contributed by atoms with Gasteiger partial charge in [0.15, 0.2) is 11.4 Å². The number of ether oxygens (including phenoxy) is 1. The van der Waals surface area contributed by atoms with Crippen LogP contribution in [0.25, 0.3) is 0 Å². The van der Waals surface area contributed by atoms with E-state index in [0.717, 1.165) is 18.3 Å². The third-order valence-electron chi connectivity index (χ3n) is 5.54. The van der Waals surface area contributed by atoms with E-state index in [1.165, 1.54) is 16.7 Å². The number of methoxy groups -OCH3 is 1. The van der Waals surface area contributed by atoms with Crippen LogP contribution in [-0.2, 0) is 11.3 Å². The lowest BCUT2D eigenvalue weighted by Gasteiger charge is -2.40. The smallest absolute Gasteiger partial charge is 0.277 e. The van der Waals surface area contributed by atoms with Crippen LogP contribution in [0.3, 0.4) is 0 Å². The maximum Gasteiger partial charge on any atom is 0.277 e. The molecule has 0 atom stereocenters. The summed E-state index contributed by atoms with van der Waals surface area (Å²) >= 11 is 0. The molecule has 1 aliphatic rings. The highest BCUT2D eigenvalue weighted by Crippen LogP contribution is 2.22. The van der Waals surface area contributed by atoms with Crippen molar-refractivity contribution in [3.8, 4) is 5.75 Å². The van der Waals surface area contributed by atoms with Crippen molar-refractivity contribution in [2.75, 3.05) is 38.5 Å². The summed E-state index contributed by atoms with van der Waals surface area (Å²) in [4.78, 5) is 39.9. The second-order valence-electron chi connectivity index (χ2n) is 8.83. The van der Waals surface area contributed by atoms with Crippen LogP contribution >= 0.6 is 0 Å². The van der Waals surface area contributed by atoms with E-state index < -0.39 is 45.8 Å². The van der Waals surface area contributed by atoms with E-state index in [4.69, 9.17) is 4.74 Å². The zero-order valence-electron chi connectivity index (χ0n) is 19.7. The Morgan fingerprint density at radius 3 is 2.57 bits per heavy atom. The molecule has 1 aliphatic heterocycles. The number of hydrogen-bond acceptors (Lipinski definition) is 7. The molecule has 3 rings (SSSR count). The monoisotopic (exact) mass is 494 g/mol. The maximum atomic E-state index is 13.9. The van der Waals surface area contributed by atoms with Gasteiger partial charge in [-0.05, 0) is 26.3 Å². The normalized spacial score (nSPS) is 13.7. The van der Waals surface area contributed by atoms with Gasteiger partial charge >= 0.3 is 0 Å². The Morgan fingerprint density at radius 1 is 1.23 bits per heavy atom. The molecule has 0 spiro atoms. The summed E-state index contributed by atoms with van der Waals surface area (Å²) in [7, 11) is 1.47. The third kappa shape index (κ3) is 5.95. The quantitative estimate of drug-likeness (QED) is 0.474. The van der Waals surface area contributed by atoms with E-state index in [9.17, 15) is 33.4 Å². The number of amides is 2. The average Bonchev–Trinajstić information content (AvgIpc) is 2.78. The summed E-state index contributed by atoms with van der Waals surface area (Å²) < 4.78 is 33.3. The van der Waals surface area contributed by atoms with Crippen molar-refractivity contribution in [2.24, 2.45) is 0 Å². The van der Waals surface area contributed by atoms with Crippen LogP contribution in [0.5, 0.6) is 5.75 Å². The number of fused-ring (bicyclic) bond motifs is 1. The molecule has 0 aliphatic carbocycles. The number of halogens is 2. The minimum Gasteiger partial charge on any atom is -0.502 e. The Morgan fingerprint density at radius 2 is 1.94 bits per heavy atom. The van der Waals surface area contributed by atoms with Gasteiger partial charge in [0.1, 0.15) is 23.9 Å². The molecule has 12 heteroatoms. The Kier molecular flexibility index (Phi) is 7.76. The van der Waals surface area contributed by atoms with Crippen LogP contribution in [0, 0.1) is 11.6 Å². The molecular formula is C23H28F2N4O6. The van der Waals surface area contributed by atoms with Crippen molar-refractivity contribution in [3.63, 3.8) is 0 Å². The zero-order chi connectivity index (χ0) is 25.9. The van der Waals surface area contributed by atoms with Crippen LogP contribution in [0.4, 0.5) is 8.78 Å². The first kappa shape index (κ1) is 26.1. The van der Waals surface area contributed by atoms with Gasteiger partial charge in [0.25, 0.3) is 11.8 Å². The van der Waals surface area contributed by atoms with E-state index in [1.54, 1.807) is 18.9 Å². The molecule has 0 saturated carbocycles. The number of carbonyl (C=O) groups is 2. The Labute approximate surface area is 200 Å². The van der Waals surface area contributed by atoms with Gasteiger partial charge in [0.05, 0.1) is 12.2 Å². The van der Waals surface area contributed by atoms with Crippen LogP contribution in [0.2, 0.25) is 0 Å². The predicted molar refractivity (Wildman–Crippen MR) is 122 cm³/mol. The maximum absolute atomic E-state index is 13.9. The topological polar surface area (TPSA) is 124 Å². The molecule has 1 aromatic carbocycles. The highest BCUT2D eigenvalue weighted by molar-refractivity contribution is 5.99. The molecule has 0 radical (unpaired) electrons. The SMILES string of the molecule is COCCN1CN(CCC(C)(C)O)n2cc(C(=O)NCc3ccc(F)cc3F)c(=O)c(O)c2C1=O. The summed E-state index contributed by atoms with van der Waals surface area (Å²) in [5.74, 6) is -4.09. The predicted octanol–water partition coefficient (Wildman–Crippen LogP) is 0.921. The van der Waals surface area contributed by atoms with Crippen molar-refractivity contribution >= 4 is 11.8 Å². The molecule has 0 unspecified atom stereocenters. The number of aromatic hydroxyl groups is 1. The van der Waals surface area contributed by atoms with Gasteiger partial charge in [-0.25, -0.2) is 8.78 Å². The number of benzene rings is 1. The van der Waals surface area contributed by atoms with Gasteiger partial charge in [-0.1, -0.05) is 6.07 Å². The zero-order valence-corrected chi connectivity index (χ0v) is 19.7. The van der Waals surface area contributed by atoms with E-state index in [0.29, 0.717) is 6.07 Å². The first-order chi connectivity index (χ1) is 16.4. The number of rotatable bonds is 9. The molecule has 190 valence electrons. The summed E-state index contributed by atoms with van der Waals surface area (Å²) in [6.07, 6.45) is 1.40. The van der Waals surface area contributed by atoms with E-state index in [1.807, 2.05) is 0 Å². The van der Waals surface area contributed by atoms with E-state index in [-0.39, 0.29) is 50.6 Å².